The fourth-order valence-corrected chi connectivity index (χ4v) is 5.79. The van der Waals surface area contributed by atoms with Crippen molar-refractivity contribution in [3.05, 3.63) is 84.9 Å². The molecule has 3 aromatic carbocycles. The molecule has 0 fully saturated rings. The molecule has 0 aromatic heterocycles. The molecule has 0 aliphatic carbocycles. The molecule has 0 saturated carbocycles. The molecule has 0 heterocycles. The maximum absolute atomic E-state index is 9.39. The van der Waals surface area contributed by atoms with Crippen molar-refractivity contribution in [3.8, 4) is 0 Å². The summed E-state index contributed by atoms with van der Waals surface area (Å²) in [4.78, 5) is 0. The van der Waals surface area contributed by atoms with Gasteiger partial charge in [0.15, 0.2) is 0 Å². The highest BCUT2D eigenvalue weighted by atomic mass is 32.4. The summed E-state index contributed by atoms with van der Waals surface area (Å²) in [5, 5.41) is 24.4. The lowest BCUT2D eigenvalue weighted by atomic mass is 9.80. The molecular weight excluding hydrogens is 336 g/mol. The maximum Gasteiger partial charge on any atom is 0.488 e. The van der Waals surface area contributed by atoms with E-state index in [0.717, 1.165) is 16.3 Å². The van der Waals surface area contributed by atoms with E-state index in [1.807, 2.05) is 66.7 Å². The van der Waals surface area contributed by atoms with Crippen LogP contribution in [0.25, 0.3) is 0 Å². The first-order valence-electron chi connectivity index (χ1n) is 7.55. The van der Waals surface area contributed by atoms with Crippen molar-refractivity contribution < 1.29 is 10.0 Å². The van der Waals surface area contributed by atoms with Crippen LogP contribution in [-0.2, 0) is 11.8 Å². The second kappa shape index (κ2) is 7.33. The van der Waals surface area contributed by atoms with Gasteiger partial charge in [-0.25, -0.2) is 0 Å². The maximum atomic E-state index is 9.39. The third kappa shape index (κ3) is 3.60. The predicted octanol–water partition coefficient (Wildman–Crippen LogP) is 1.82. The second-order valence-corrected chi connectivity index (χ2v) is 9.51. The molecule has 0 saturated heterocycles. The van der Waals surface area contributed by atoms with Crippen LogP contribution in [0.1, 0.15) is 0 Å². The van der Waals surface area contributed by atoms with Crippen molar-refractivity contribution in [1.82, 2.24) is 0 Å². The van der Waals surface area contributed by atoms with E-state index in [1.54, 1.807) is 18.2 Å². The van der Waals surface area contributed by atoms with Crippen molar-refractivity contribution >= 4 is 46.9 Å². The van der Waals surface area contributed by atoms with Crippen molar-refractivity contribution in [2.75, 3.05) is 5.09 Å². The zero-order chi connectivity index (χ0) is 17.0. The van der Waals surface area contributed by atoms with Gasteiger partial charge in [-0.05, 0) is 17.6 Å². The average Bonchev–Trinajstić information content (AvgIpc) is 2.63. The Hall–Kier alpha value is -1.91. The molecule has 3 aromatic rings. The quantitative estimate of drug-likeness (QED) is 0.484. The Morgan fingerprint density at radius 2 is 1.29 bits per heavy atom. The van der Waals surface area contributed by atoms with Crippen molar-refractivity contribution in [3.63, 3.8) is 0 Å². The first-order valence-corrected chi connectivity index (χ1v) is 10.4. The number of benzene rings is 3. The molecule has 0 amide bonds. The van der Waals surface area contributed by atoms with Crippen LogP contribution in [0.5, 0.6) is 0 Å². The Labute approximate surface area is 147 Å². The first kappa shape index (κ1) is 16.9. The van der Waals surface area contributed by atoms with Crippen LogP contribution in [0.15, 0.2) is 84.9 Å². The Kier molecular flexibility index (Phi) is 5.17. The van der Waals surface area contributed by atoms with E-state index in [1.165, 1.54) is 0 Å². The molecule has 0 aliphatic heterocycles. The number of anilines is 1. The van der Waals surface area contributed by atoms with Crippen LogP contribution in [-0.4, -0.2) is 17.2 Å². The summed E-state index contributed by atoms with van der Waals surface area (Å²) in [6.45, 7) is 0. The number of nitrogens with one attached hydrogen (secondary N) is 1. The molecule has 0 aliphatic rings. The molecule has 0 atom stereocenters. The Balaban J connectivity index is 2.07. The lowest BCUT2D eigenvalue weighted by Gasteiger charge is -2.26. The van der Waals surface area contributed by atoms with Gasteiger partial charge in [-0.15, -0.1) is 0 Å². The largest absolute Gasteiger partial charge is 0.488 e. The molecule has 6 heteroatoms. The molecular formula is C18H17BNO2PS. The molecule has 120 valence electrons. The fraction of sp³-hybridized carbons (Fsp3) is 0. The molecule has 0 unspecified atom stereocenters. The molecule has 3 N–H and O–H groups in total. The van der Waals surface area contributed by atoms with E-state index in [9.17, 15) is 10.0 Å². The van der Waals surface area contributed by atoms with E-state index in [2.05, 4.69) is 5.09 Å². The van der Waals surface area contributed by atoms with Crippen LogP contribution in [0.2, 0.25) is 0 Å². The van der Waals surface area contributed by atoms with Gasteiger partial charge in [0.2, 0.25) is 0 Å². The van der Waals surface area contributed by atoms with Gasteiger partial charge in [0.05, 0.1) is 6.19 Å². The summed E-state index contributed by atoms with van der Waals surface area (Å²) in [5.74, 6) is 0. The summed E-state index contributed by atoms with van der Waals surface area (Å²) >= 11 is 6.10. The molecule has 3 nitrogen and oxygen atoms in total. The van der Waals surface area contributed by atoms with E-state index < -0.39 is 13.3 Å². The van der Waals surface area contributed by atoms with E-state index in [0.29, 0.717) is 5.46 Å². The van der Waals surface area contributed by atoms with Gasteiger partial charge >= 0.3 is 7.12 Å². The summed E-state index contributed by atoms with van der Waals surface area (Å²) in [7, 11) is -1.50. The Bertz CT molecular complexity index is 816. The Morgan fingerprint density at radius 3 is 1.79 bits per heavy atom. The van der Waals surface area contributed by atoms with Gasteiger partial charge in [-0.3, -0.25) is 0 Å². The zero-order valence-corrected chi connectivity index (χ0v) is 14.6. The summed E-state index contributed by atoms with van der Waals surface area (Å²) < 4.78 is 0. The molecule has 24 heavy (non-hydrogen) atoms. The topological polar surface area (TPSA) is 52.5 Å². The van der Waals surface area contributed by atoms with Gasteiger partial charge in [0.25, 0.3) is 0 Å². The van der Waals surface area contributed by atoms with Crippen LogP contribution in [0.4, 0.5) is 5.69 Å². The van der Waals surface area contributed by atoms with Crippen molar-refractivity contribution in [1.29, 1.82) is 0 Å². The van der Waals surface area contributed by atoms with Gasteiger partial charge in [-0.2, -0.15) is 0 Å². The van der Waals surface area contributed by atoms with Gasteiger partial charge in [-0.1, -0.05) is 84.6 Å². The smallest absolute Gasteiger partial charge is 0.423 e. The van der Waals surface area contributed by atoms with Crippen LogP contribution < -0.4 is 21.2 Å². The number of hydrogen-bond acceptors (Lipinski definition) is 3. The lowest BCUT2D eigenvalue weighted by molar-refractivity contribution is 0.426. The van der Waals surface area contributed by atoms with E-state index in [-0.39, 0.29) is 0 Å². The summed E-state index contributed by atoms with van der Waals surface area (Å²) in [6.07, 6.45) is -2.28. The fourth-order valence-electron chi connectivity index (χ4n) is 2.50. The minimum absolute atomic E-state index is 0.433. The SMILES string of the molecule is OB(O)c1cccc(NP(=S)(c2ccccc2)c2ccccc2)c1. The van der Waals surface area contributed by atoms with E-state index >= 15 is 0 Å². The van der Waals surface area contributed by atoms with E-state index in [4.69, 9.17) is 11.8 Å². The molecule has 0 bridgehead atoms. The normalized spacial score (nSPS) is 11.1. The van der Waals surface area contributed by atoms with Crippen molar-refractivity contribution in [2.24, 2.45) is 0 Å². The third-order valence-electron chi connectivity index (χ3n) is 3.71. The molecule has 0 radical (unpaired) electrons. The highest BCUT2D eigenvalue weighted by molar-refractivity contribution is 8.22. The highest BCUT2D eigenvalue weighted by Gasteiger charge is 2.22. The highest BCUT2D eigenvalue weighted by Crippen LogP contribution is 2.43. The van der Waals surface area contributed by atoms with Gasteiger partial charge in [0.1, 0.15) is 0 Å². The van der Waals surface area contributed by atoms with Crippen LogP contribution in [0, 0.1) is 0 Å². The average molecular weight is 353 g/mol. The predicted molar refractivity (Wildman–Crippen MR) is 106 cm³/mol. The monoisotopic (exact) mass is 353 g/mol. The lowest BCUT2D eigenvalue weighted by Crippen LogP contribution is -2.30. The minimum atomic E-state index is -2.28. The van der Waals surface area contributed by atoms with Gasteiger partial charge in [0, 0.05) is 16.3 Å². The van der Waals surface area contributed by atoms with Gasteiger partial charge < -0.3 is 15.1 Å². The first-order chi connectivity index (χ1) is 11.6. The summed E-state index contributed by atoms with van der Waals surface area (Å²) in [6, 6.07) is 27.1. The third-order valence-corrected chi connectivity index (χ3v) is 7.87. The Morgan fingerprint density at radius 1 is 0.750 bits per heavy atom. The zero-order valence-electron chi connectivity index (χ0n) is 12.9. The standard InChI is InChI=1S/C18H17BNO2PS/c21-19(22)15-8-7-9-16(14-15)20-23(24,17-10-3-1-4-11-17)18-12-5-2-6-13-18/h1-14,21-22H,(H,20,24). The van der Waals surface area contributed by atoms with Crippen LogP contribution in [0.3, 0.4) is 0 Å². The molecule has 0 spiro atoms. The number of hydrogen-bond donors (Lipinski definition) is 3. The molecule has 3 rings (SSSR count). The number of rotatable bonds is 5. The summed E-state index contributed by atoms with van der Waals surface area (Å²) in [5.41, 5.74) is 1.21. The van der Waals surface area contributed by atoms with Crippen LogP contribution >= 0.6 is 6.19 Å². The minimum Gasteiger partial charge on any atom is -0.423 e. The second-order valence-electron chi connectivity index (χ2n) is 5.39. The van der Waals surface area contributed by atoms with Crippen molar-refractivity contribution in [2.45, 2.75) is 0 Å².